The predicted molar refractivity (Wildman–Crippen MR) is 130 cm³/mol. The Morgan fingerprint density at radius 2 is 1.69 bits per heavy atom. The van der Waals surface area contributed by atoms with E-state index in [2.05, 4.69) is 42.4 Å². The summed E-state index contributed by atoms with van der Waals surface area (Å²) < 4.78 is 12.9. The number of nitrogens with zero attached hydrogens (tertiary/aromatic N) is 1. The van der Waals surface area contributed by atoms with Crippen LogP contribution < -0.4 is 14.9 Å². The molecule has 1 amide bonds. The molecule has 1 atom stereocenters. The summed E-state index contributed by atoms with van der Waals surface area (Å²) in [5.41, 5.74) is 4.25. The number of carbonyl (C=O) groups is 2. The van der Waals surface area contributed by atoms with Gasteiger partial charge in [-0.05, 0) is 67.9 Å². The van der Waals surface area contributed by atoms with Crippen molar-refractivity contribution in [1.29, 1.82) is 0 Å². The highest BCUT2D eigenvalue weighted by atomic mass is 79.9. The van der Waals surface area contributed by atoms with E-state index in [0.717, 1.165) is 14.5 Å². The monoisotopic (exact) mass is 558 g/mol. The molecule has 0 heterocycles. The van der Waals surface area contributed by atoms with E-state index < -0.39 is 18.0 Å². The number of rotatable bonds is 7. The Morgan fingerprint density at radius 1 is 1.00 bits per heavy atom. The van der Waals surface area contributed by atoms with Crippen LogP contribution in [-0.2, 0) is 4.79 Å². The molecule has 1 unspecified atom stereocenters. The highest BCUT2D eigenvalue weighted by Gasteiger charge is 2.15. The van der Waals surface area contributed by atoms with Gasteiger partial charge in [-0.25, -0.2) is 10.2 Å². The number of halogens is 2. The molecule has 1 N–H and O–H groups in total. The molecule has 3 aromatic carbocycles. The van der Waals surface area contributed by atoms with Crippen molar-refractivity contribution < 1.29 is 19.1 Å². The summed E-state index contributed by atoms with van der Waals surface area (Å²) in [4.78, 5) is 24.9. The molecule has 0 fully saturated rings. The Bertz CT molecular complexity index is 1150. The van der Waals surface area contributed by atoms with Gasteiger partial charge in [0.15, 0.2) is 6.10 Å². The van der Waals surface area contributed by atoms with E-state index >= 15 is 0 Å². The third-order valence-corrected chi connectivity index (χ3v) is 5.44. The number of nitrogens with one attached hydrogen (secondary N) is 1. The summed E-state index contributed by atoms with van der Waals surface area (Å²) in [5, 5.41) is 3.99. The van der Waals surface area contributed by atoms with Crippen LogP contribution in [0.25, 0.3) is 0 Å². The molecule has 0 saturated heterocycles. The molecule has 8 heteroatoms. The van der Waals surface area contributed by atoms with E-state index in [1.165, 1.54) is 6.21 Å². The molecule has 0 aliphatic heterocycles. The molecule has 32 heavy (non-hydrogen) atoms. The van der Waals surface area contributed by atoms with Crippen molar-refractivity contribution in [3.63, 3.8) is 0 Å². The van der Waals surface area contributed by atoms with Crippen molar-refractivity contribution in [2.24, 2.45) is 5.10 Å². The van der Waals surface area contributed by atoms with Gasteiger partial charge in [0.05, 0.1) is 11.8 Å². The first-order valence-corrected chi connectivity index (χ1v) is 11.2. The fraction of sp³-hybridized carbons (Fsp3) is 0.125. The van der Waals surface area contributed by atoms with E-state index in [-0.39, 0.29) is 0 Å². The second-order valence-electron chi connectivity index (χ2n) is 6.83. The Labute approximate surface area is 202 Å². The maximum absolute atomic E-state index is 12.6. The van der Waals surface area contributed by atoms with Crippen molar-refractivity contribution >= 4 is 50.0 Å². The van der Waals surface area contributed by atoms with Crippen LogP contribution >= 0.6 is 31.9 Å². The van der Waals surface area contributed by atoms with Gasteiger partial charge in [-0.15, -0.1) is 0 Å². The van der Waals surface area contributed by atoms with Crippen molar-refractivity contribution in [3.8, 4) is 11.5 Å². The highest BCUT2D eigenvalue weighted by molar-refractivity contribution is 9.10. The maximum atomic E-state index is 12.6. The minimum atomic E-state index is -0.755. The number of hydrogen-bond acceptors (Lipinski definition) is 5. The Hall–Kier alpha value is -2.97. The summed E-state index contributed by atoms with van der Waals surface area (Å²) in [5.74, 6) is -0.00548. The molecule has 0 radical (unpaired) electrons. The van der Waals surface area contributed by atoms with E-state index in [0.29, 0.717) is 22.6 Å². The summed E-state index contributed by atoms with van der Waals surface area (Å²) >= 11 is 6.74. The van der Waals surface area contributed by atoms with Crippen molar-refractivity contribution in [3.05, 3.63) is 92.4 Å². The van der Waals surface area contributed by atoms with Gasteiger partial charge >= 0.3 is 5.97 Å². The molecule has 164 valence electrons. The summed E-state index contributed by atoms with van der Waals surface area (Å²) in [7, 11) is 0. The van der Waals surface area contributed by atoms with Crippen LogP contribution in [0.2, 0.25) is 0 Å². The molecule has 3 rings (SSSR count). The number of carbonyl (C=O) groups excluding carboxylic acids is 2. The summed E-state index contributed by atoms with van der Waals surface area (Å²) in [6.45, 7) is 3.47. The zero-order valence-electron chi connectivity index (χ0n) is 17.3. The Morgan fingerprint density at radius 3 is 2.41 bits per heavy atom. The van der Waals surface area contributed by atoms with Crippen LogP contribution in [0, 0.1) is 6.92 Å². The molecule has 0 spiro atoms. The average molecular weight is 560 g/mol. The van der Waals surface area contributed by atoms with Gasteiger partial charge in [0.2, 0.25) is 0 Å². The molecule has 3 aromatic rings. The lowest BCUT2D eigenvalue weighted by molar-refractivity contribution is -0.127. The van der Waals surface area contributed by atoms with Gasteiger partial charge in [0, 0.05) is 14.5 Å². The third-order valence-electron chi connectivity index (χ3n) is 4.41. The zero-order valence-corrected chi connectivity index (χ0v) is 20.5. The molecule has 0 bridgehead atoms. The number of amides is 1. The normalized spacial score (nSPS) is 11.8. The largest absolute Gasteiger partial charge is 0.481 e. The summed E-state index contributed by atoms with van der Waals surface area (Å²) in [6, 6.07) is 19.5. The van der Waals surface area contributed by atoms with Crippen LogP contribution in [0.1, 0.15) is 28.4 Å². The van der Waals surface area contributed by atoms with Crippen molar-refractivity contribution in [1.82, 2.24) is 5.43 Å². The van der Waals surface area contributed by atoms with Crippen LogP contribution in [-0.4, -0.2) is 24.2 Å². The molecular formula is C24H20Br2N2O4. The second-order valence-corrected chi connectivity index (χ2v) is 8.67. The molecule has 0 aliphatic carbocycles. The van der Waals surface area contributed by atoms with Crippen LogP contribution in [0.15, 0.2) is 80.8 Å². The fourth-order valence-corrected chi connectivity index (χ4v) is 3.34. The maximum Gasteiger partial charge on any atom is 0.343 e. The molecule has 6 nitrogen and oxygen atoms in total. The number of hydrogen-bond donors (Lipinski definition) is 1. The number of hydrazone groups is 1. The lowest BCUT2D eigenvalue weighted by Crippen LogP contribution is -2.33. The minimum Gasteiger partial charge on any atom is -0.481 e. The standard InChI is InChI=1S/C24H20Br2N2O4/c1-15-5-3-4-6-21(15)24(30)32-22-12-9-19(26)13-17(22)14-27-28-23(29)16(2)31-20-10-7-18(25)8-11-20/h3-14,16H,1-2H3,(H,28,29)/b27-14+. The third kappa shape index (κ3) is 6.51. The lowest BCUT2D eigenvalue weighted by atomic mass is 10.1. The first-order chi connectivity index (χ1) is 15.3. The average Bonchev–Trinajstić information content (AvgIpc) is 2.77. The number of esters is 1. The fourth-order valence-electron chi connectivity index (χ4n) is 2.70. The molecular weight excluding hydrogens is 540 g/mol. The van der Waals surface area contributed by atoms with E-state index in [4.69, 9.17) is 9.47 Å². The van der Waals surface area contributed by atoms with E-state index in [9.17, 15) is 9.59 Å². The first kappa shape index (κ1) is 23.7. The Kier molecular flexibility index (Phi) is 8.19. The summed E-state index contributed by atoms with van der Waals surface area (Å²) in [6.07, 6.45) is 0.657. The smallest absolute Gasteiger partial charge is 0.343 e. The highest BCUT2D eigenvalue weighted by Crippen LogP contribution is 2.23. The van der Waals surface area contributed by atoms with Gasteiger partial charge < -0.3 is 9.47 Å². The van der Waals surface area contributed by atoms with Crippen LogP contribution in [0.4, 0.5) is 0 Å². The number of ether oxygens (including phenoxy) is 2. The van der Waals surface area contributed by atoms with Gasteiger partial charge in [-0.3, -0.25) is 4.79 Å². The molecule has 0 aliphatic rings. The topological polar surface area (TPSA) is 77.0 Å². The van der Waals surface area contributed by atoms with E-state index in [1.807, 2.05) is 31.2 Å². The number of benzene rings is 3. The SMILES string of the molecule is Cc1ccccc1C(=O)Oc1ccc(Br)cc1/C=N/NC(=O)C(C)Oc1ccc(Br)cc1. The quantitative estimate of drug-likeness (QED) is 0.175. The Balaban J connectivity index is 1.66. The number of aryl methyl sites for hydroxylation is 1. The van der Waals surface area contributed by atoms with Gasteiger partial charge in [-0.1, -0.05) is 50.1 Å². The first-order valence-electron chi connectivity index (χ1n) is 9.66. The zero-order chi connectivity index (χ0) is 23.1. The van der Waals surface area contributed by atoms with Crippen molar-refractivity contribution in [2.45, 2.75) is 20.0 Å². The van der Waals surface area contributed by atoms with Gasteiger partial charge in [0.25, 0.3) is 5.91 Å². The molecule has 0 aromatic heterocycles. The second kappa shape index (κ2) is 11.1. The van der Waals surface area contributed by atoms with Gasteiger partial charge in [-0.2, -0.15) is 5.10 Å². The molecule has 0 saturated carbocycles. The van der Waals surface area contributed by atoms with E-state index in [1.54, 1.807) is 49.4 Å². The predicted octanol–water partition coefficient (Wildman–Crippen LogP) is 5.66. The lowest BCUT2D eigenvalue weighted by Gasteiger charge is -2.13. The van der Waals surface area contributed by atoms with Crippen LogP contribution in [0.5, 0.6) is 11.5 Å². The van der Waals surface area contributed by atoms with Crippen molar-refractivity contribution in [2.75, 3.05) is 0 Å². The van der Waals surface area contributed by atoms with Crippen LogP contribution in [0.3, 0.4) is 0 Å². The van der Waals surface area contributed by atoms with Gasteiger partial charge in [0.1, 0.15) is 11.5 Å². The minimum absolute atomic E-state index is 0.318.